The highest BCUT2D eigenvalue weighted by Gasteiger charge is 2.25. The first-order chi connectivity index (χ1) is 15.7. The highest BCUT2D eigenvalue weighted by Crippen LogP contribution is 2.38. The summed E-state index contributed by atoms with van der Waals surface area (Å²) in [5.74, 6) is 1.58. The van der Waals surface area contributed by atoms with Crippen LogP contribution in [-0.2, 0) is 24.3 Å². The third-order valence-electron chi connectivity index (χ3n) is 5.77. The first-order valence-corrected chi connectivity index (χ1v) is 12.7. The van der Waals surface area contributed by atoms with Gasteiger partial charge in [0.2, 0.25) is 0 Å². The first kappa shape index (κ1) is 20.9. The monoisotopic (exact) mass is 458 g/mol. The molecule has 0 aliphatic heterocycles. The van der Waals surface area contributed by atoms with Crippen molar-refractivity contribution in [3.05, 3.63) is 87.5 Å². The number of anilines is 1. The van der Waals surface area contributed by atoms with Crippen molar-refractivity contribution >= 4 is 45.0 Å². The molecule has 160 valence electrons. The molecule has 0 radical (unpaired) electrons. The van der Waals surface area contributed by atoms with Crippen LogP contribution in [0.25, 0.3) is 11.0 Å². The Bertz CT molecular complexity index is 1320. The Hall–Kier alpha value is -3.01. The summed E-state index contributed by atoms with van der Waals surface area (Å²) >= 11 is 3.29. The number of nitrogens with one attached hydrogen (secondary N) is 1. The largest absolute Gasteiger partial charge is 0.451 e. The number of carbonyl (C=O) groups is 1. The molecule has 4 aromatic rings. The zero-order valence-corrected chi connectivity index (χ0v) is 19.2. The van der Waals surface area contributed by atoms with Gasteiger partial charge in [-0.2, -0.15) is 17.0 Å². The molecule has 0 fully saturated rings. The molecule has 2 heterocycles. The van der Waals surface area contributed by atoms with Crippen LogP contribution in [0.15, 0.2) is 59.0 Å². The van der Waals surface area contributed by atoms with Crippen LogP contribution in [0.5, 0.6) is 0 Å². The van der Waals surface area contributed by atoms with Gasteiger partial charge in [-0.1, -0.05) is 48.5 Å². The Balaban J connectivity index is 1.42. The summed E-state index contributed by atoms with van der Waals surface area (Å²) in [6.45, 7) is 0. The lowest BCUT2D eigenvalue weighted by molar-refractivity contribution is 0.0998. The fraction of sp³-hybridized carbons (Fsp3) is 0.231. The van der Waals surface area contributed by atoms with E-state index in [4.69, 9.17) is 4.42 Å². The molecule has 0 saturated heterocycles. The Morgan fingerprint density at radius 3 is 2.69 bits per heavy atom. The summed E-state index contributed by atoms with van der Waals surface area (Å²) in [5, 5.41) is 14.3. The number of para-hydroxylation sites is 1. The zero-order chi connectivity index (χ0) is 21.9. The van der Waals surface area contributed by atoms with Crippen molar-refractivity contribution in [2.45, 2.75) is 37.2 Å². The number of benzene rings is 2. The van der Waals surface area contributed by atoms with Gasteiger partial charge < -0.3 is 9.73 Å². The first-order valence-electron chi connectivity index (χ1n) is 10.7. The molecule has 0 spiro atoms. The third-order valence-corrected chi connectivity index (χ3v) is 8.01. The van der Waals surface area contributed by atoms with E-state index in [0.717, 1.165) is 47.9 Å². The highest BCUT2D eigenvalue weighted by molar-refractivity contribution is 7.97. The number of rotatable bonds is 6. The van der Waals surface area contributed by atoms with Crippen LogP contribution >= 0.6 is 23.1 Å². The number of thioether (sulfide) groups is 1. The van der Waals surface area contributed by atoms with Gasteiger partial charge in [-0.3, -0.25) is 4.79 Å². The predicted octanol–water partition coefficient (Wildman–Crippen LogP) is 6.93. The second-order valence-corrected chi connectivity index (χ2v) is 9.96. The standard InChI is InChI=1S/C26H22N2O2S2/c27-14-20-19-11-5-7-13-23(19)32-26(20)28-25(29)24-21(18-10-4-6-12-22(18)30-24)16-31-15-17-8-2-1-3-9-17/h1-4,6,8-10,12H,5,7,11,13,15-16H2,(H,28,29). The number of furan rings is 1. The average molecular weight is 459 g/mol. The minimum Gasteiger partial charge on any atom is -0.451 e. The minimum atomic E-state index is -0.286. The molecule has 6 heteroatoms. The van der Waals surface area contributed by atoms with Crippen molar-refractivity contribution in [3.8, 4) is 6.07 Å². The number of carbonyl (C=O) groups excluding carboxylic acids is 1. The summed E-state index contributed by atoms with van der Waals surface area (Å²) in [6.07, 6.45) is 4.13. The molecule has 1 aliphatic rings. The Labute approximate surface area is 195 Å². The van der Waals surface area contributed by atoms with Gasteiger partial charge in [-0.15, -0.1) is 11.3 Å². The Kier molecular flexibility index (Phi) is 6.02. The molecule has 4 nitrogen and oxygen atoms in total. The number of nitriles is 1. The number of fused-ring (bicyclic) bond motifs is 2. The van der Waals surface area contributed by atoms with Crippen LogP contribution in [0.3, 0.4) is 0 Å². The van der Waals surface area contributed by atoms with E-state index in [9.17, 15) is 10.1 Å². The maximum Gasteiger partial charge on any atom is 0.292 e. The highest BCUT2D eigenvalue weighted by atomic mass is 32.2. The number of nitrogens with zero attached hydrogens (tertiary/aromatic N) is 1. The maximum absolute atomic E-state index is 13.3. The quantitative estimate of drug-likeness (QED) is 0.340. The number of amides is 1. The molecule has 1 aliphatic carbocycles. The van der Waals surface area contributed by atoms with Crippen molar-refractivity contribution < 1.29 is 9.21 Å². The van der Waals surface area contributed by atoms with Gasteiger partial charge in [0.15, 0.2) is 5.76 Å². The summed E-state index contributed by atoms with van der Waals surface area (Å²) in [6, 6.07) is 20.4. The third kappa shape index (κ3) is 4.06. The van der Waals surface area contributed by atoms with E-state index < -0.39 is 0 Å². The van der Waals surface area contributed by atoms with E-state index in [1.807, 2.05) is 42.5 Å². The van der Waals surface area contributed by atoms with Gasteiger partial charge in [0.25, 0.3) is 5.91 Å². The van der Waals surface area contributed by atoms with Crippen LogP contribution in [0, 0.1) is 11.3 Å². The minimum absolute atomic E-state index is 0.286. The van der Waals surface area contributed by atoms with Gasteiger partial charge >= 0.3 is 0 Å². The van der Waals surface area contributed by atoms with Crippen LogP contribution in [0.1, 0.15) is 50.5 Å². The van der Waals surface area contributed by atoms with E-state index in [-0.39, 0.29) is 5.91 Å². The van der Waals surface area contributed by atoms with E-state index >= 15 is 0 Å². The van der Waals surface area contributed by atoms with Crippen molar-refractivity contribution in [3.63, 3.8) is 0 Å². The van der Waals surface area contributed by atoms with Crippen molar-refractivity contribution in [1.82, 2.24) is 0 Å². The average Bonchev–Trinajstić information content (AvgIpc) is 3.37. The number of aryl methyl sites for hydroxylation is 1. The van der Waals surface area contributed by atoms with Gasteiger partial charge in [0, 0.05) is 27.3 Å². The van der Waals surface area contributed by atoms with Crippen LogP contribution in [0.2, 0.25) is 0 Å². The molecule has 1 N–H and O–H groups in total. The van der Waals surface area contributed by atoms with Gasteiger partial charge in [-0.25, -0.2) is 0 Å². The molecule has 1 amide bonds. The SMILES string of the molecule is N#Cc1c(NC(=O)c2oc3ccccc3c2CSCc2ccccc2)sc2c1CCCC2. The normalized spacial score (nSPS) is 13.0. The summed E-state index contributed by atoms with van der Waals surface area (Å²) in [7, 11) is 0. The lowest BCUT2D eigenvalue weighted by atomic mass is 9.96. The Morgan fingerprint density at radius 1 is 1.06 bits per heavy atom. The number of hydrogen-bond acceptors (Lipinski definition) is 5. The fourth-order valence-corrected chi connectivity index (χ4v) is 6.46. The molecule has 0 bridgehead atoms. The van der Waals surface area contributed by atoms with Gasteiger partial charge in [0.05, 0.1) is 5.56 Å². The fourth-order valence-electron chi connectivity index (χ4n) is 4.20. The van der Waals surface area contributed by atoms with Crippen molar-refractivity contribution in [2.75, 3.05) is 5.32 Å². The molecule has 0 unspecified atom stereocenters. The molecular weight excluding hydrogens is 436 g/mol. The lowest BCUT2D eigenvalue weighted by Crippen LogP contribution is -2.13. The zero-order valence-electron chi connectivity index (χ0n) is 17.5. The van der Waals surface area contributed by atoms with Gasteiger partial charge in [0.1, 0.15) is 16.7 Å². The van der Waals surface area contributed by atoms with Gasteiger partial charge in [-0.05, 0) is 42.9 Å². The molecular formula is C26H22N2O2S2. The number of thiophene rings is 1. The summed E-state index contributed by atoms with van der Waals surface area (Å²) in [5.41, 5.74) is 4.59. The topological polar surface area (TPSA) is 66.0 Å². The van der Waals surface area contributed by atoms with Crippen molar-refractivity contribution in [2.24, 2.45) is 0 Å². The van der Waals surface area contributed by atoms with E-state index in [0.29, 0.717) is 27.7 Å². The molecule has 5 rings (SSSR count). The van der Waals surface area contributed by atoms with E-state index in [2.05, 4.69) is 23.5 Å². The molecule has 0 atom stereocenters. The molecule has 2 aromatic heterocycles. The second-order valence-electron chi connectivity index (χ2n) is 7.87. The summed E-state index contributed by atoms with van der Waals surface area (Å²) < 4.78 is 6.01. The number of hydrogen-bond donors (Lipinski definition) is 1. The smallest absolute Gasteiger partial charge is 0.292 e. The van der Waals surface area contributed by atoms with E-state index in [1.54, 1.807) is 11.8 Å². The maximum atomic E-state index is 13.3. The van der Waals surface area contributed by atoms with Crippen LogP contribution < -0.4 is 5.32 Å². The lowest BCUT2D eigenvalue weighted by Gasteiger charge is -2.09. The predicted molar refractivity (Wildman–Crippen MR) is 131 cm³/mol. The molecule has 32 heavy (non-hydrogen) atoms. The summed E-state index contributed by atoms with van der Waals surface area (Å²) in [4.78, 5) is 14.5. The second kappa shape index (κ2) is 9.23. The Morgan fingerprint density at radius 2 is 1.84 bits per heavy atom. The van der Waals surface area contributed by atoms with Crippen molar-refractivity contribution in [1.29, 1.82) is 5.26 Å². The molecule has 2 aromatic carbocycles. The van der Waals surface area contributed by atoms with Crippen LogP contribution in [0.4, 0.5) is 5.00 Å². The van der Waals surface area contributed by atoms with Crippen LogP contribution in [-0.4, -0.2) is 5.91 Å². The van der Waals surface area contributed by atoms with E-state index in [1.165, 1.54) is 21.8 Å². The molecule has 0 saturated carbocycles.